The van der Waals surface area contributed by atoms with Crippen molar-refractivity contribution >= 4 is 21.7 Å². The summed E-state index contributed by atoms with van der Waals surface area (Å²) in [5.41, 5.74) is 1.19. The first-order chi connectivity index (χ1) is 18.9. The fraction of sp³-hybridized carbons (Fsp3) is 0.400. The minimum Gasteiger partial charge on any atom is -0.497 e. The molecule has 1 fully saturated rings. The molecule has 1 aliphatic heterocycles. The van der Waals surface area contributed by atoms with E-state index in [0.29, 0.717) is 48.3 Å². The van der Waals surface area contributed by atoms with Crippen LogP contribution in [-0.2, 0) is 10.0 Å². The monoisotopic (exact) mass is 569 g/mol. The molecule has 0 aliphatic carbocycles. The molecule has 1 N–H and O–H groups in total. The molecule has 10 heteroatoms. The van der Waals surface area contributed by atoms with E-state index >= 15 is 0 Å². The van der Waals surface area contributed by atoms with Gasteiger partial charge in [-0.25, -0.2) is 22.5 Å². The summed E-state index contributed by atoms with van der Waals surface area (Å²) in [4.78, 5) is 20.1. The van der Waals surface area contributed by atoms with Crippen molar-refractivity contribution < 1.29 is 27.1 Å². The van der Waals surface area contributed by atoms with Crippen molar-refractivity contribution in [3.63, 3.8) is 0 Å². The summed E-state index contributed by atoms with van der Waals surface area (Å²) in [5, 5.41) is 0. The molecule has 1 aromatic heterocycles. The number of benzene rings is 2. The summed E-state index contributed by atoms with van der Waals surface area (Å²) < 4.78 is 53.7. The number of aromatic nitrogens is 1. The minimum absolute atomic E-state index is 0.0975. The Morgan fingerprint density at radius 3 is 2.48 bits per heavy atom. The van der Waals surface area contributed by atoms with Gasteiger partial charge in [-0.2, -0.15) is 0 Å². The van der Waals surface area contributed by atoms with E-state index in [9.17, 15) is 17.6 Å². The number of hydrogen-bond donors (Lipinski definition) is 1. The molecular formula is C30H36FN3O5S. The van der Waals surface area contributed by atoms with E-state index in [-0.39, 0.29) is 21.8 Å². The van der Waals surface area contributed by atoms with Crippen LogP contribution in [0.2, 0.25) is 0 Å². The molecule has 1 saturated heterocycles. The number of hydrogen-bond acceptors (Lipinski definition) is 7. The summed E-state index contributed by atoms with van der Waals surface area (Å²) in [6.07, 6.45) is 1.74. The maximum atomic E-state index is 14.5. The summed E-state index contributed by atoms with van der Waals surface area (Å²) in [5.74, 6) is 0.0845. The molecule has 2 heterocycles. The van der Waals surface area contributed by atoms with Crippen molar-refractivity contribution in [2.24, 2.45) is 11.3 Å². The van der Waals surface area contributed by atoms with Crippen LogP contribution in [0.25, 0.3) is 11.3 Å². The minimum atomic E-state index is -4.19. The van der Waals surface area contributed by atoms with Gasteiger partial charge in [-0.3, -0.25) is 4.79 Å². The van der Waals surface area contributed by atoms with E-state index in [1.807, 2.05) is 18.7 Å². The van der Waals surface area contributed by atoms with Crippen molar-refractivity contribution in [2.45, 2.75) is 45.4 Å². The quantitative estimate of drug-likeness (QED) is 0.354. The lowest BCUT2D eigenvalue weighted by molar-refractivity contribution is 0.0981. The third-order valence-corrected chi connectivity index (χ3v) is 8.19. The van der Waals surface area contributed by atoms with Crippen LogP contribution in [0, 0.1) is 17.2 Å². The molecule has 40 heavy (non-hydrogen) atoms. The zero-order valence-corrected chi connectivity index (χ0v) is 24.3. The number of carbonyl (C=O) groups excluding carboxylic acids is 1. The van der Waals surface area contributed by atoms with Crippen LogP contribution in [0.4, 0.5) is 10.2 Å². The molecule has 3 aromatic rings. The second-order valence-electron chi connectivity index (χ2n) is 11.2. The Hall–Kier alpha value is -3.66. The van der Waals surface area contributed by atoms with E-state index < -0.39 is 21.7 Å². The number of piperidine rings is 1. The lowest BCUT2D eigenvalue weighted by Gasteiger charge is -2.38. The number of pyridine rings is 1. The normalized spacial score (nSPS) is 15.1. The highest BCUT2D eigenvalue weighted by Crippen LogP contribution is 2.34. The predicted molar refractivity (Wildman–Crippen MR) is 153 cm³/mol. The molecule has 0 atom stereocenters. The van der Waals surface area contributed by atoms with Gasteiger partial charge in [0.15, 0.2) is 0 Å². The largest absolute Gasteiger partial charge is 0.497 e. The molecule has 0 spiro atoms. The lowest BCUT2D eigenvalue weighted by Crippen LogP contribution is -2.39. The van der Waals surface area contributed by atoms with Crippen LogP contribution in [0.15, 0.2) is 59.5 Å². The molecule has 1 aliphatic rings. The third kappa shape index (κ3) is 7.10. The van der Waals surface area contributed by atoms with Gasteiger partial charge < -0.3 is 14.4 Å². The molecule has 0 saturated carbocycles. The SMILES string of the molecule is COc1cccc(S(=O)(=O)NC(=O)c2ccc(-c3cc(F)cc(OCC(C)C)c3)nc2N2CCC(C)(C)CC2)c1. The number of rotatable bonds is 9. The van der Waals surface area contributed by atoms with Gasteiger partial charge in [0.25, 0.3) is 15.9 Å². The molecule has 8 nitrogen and oxygen atoms in total. The van der Waals surface area contributed by atoms with Crippen molar-refractivity contribution in [1.29, 1.82) is 0 Å². The van der Waals surface area contributed by atoms with Crippen molar-refractivity contribution in [3.05, 3.63) is 66.0 Å². The van der Waals surface area contributed by atoms with E-state index in [0.717, 1.165) is 12.8 Å². The van der Waals surface area contributed by atoms with Gasteiger partial charge in [-0.15, -0.1) is 0 Å². The number of methoxy groups -OCH3 is 1. The predicted octanol–water partition coefficient (Wildman–Crippen LogP) is 5.68. The molecule has 2 aromatic carbocycles. The topological polar surface area (TPSA) is 97.8 Å². The van der Waals surface area contributed by atoms with Gasteiger partial charge in [0.1, 0.15) is 23.1 Å². The Kier molecular flexibility index (Phi) is 8.68. The molecular weight excluding hydrogens is 533 g/mol. The van der Waals surface area contributed by atoms with Crippen LogP contribution in [0.5, 0.6) is 11.5 Å². The van der Waals surface area contributed by atoms with E-state index in [4.69, 9.17) is 14.5 Å². The Morgan fingerprint density at radius 2 is 1.80 bits per heavy atom. The Bertz CT molecular complexity index is 1480. The number of halogens is 1. The molecule has 214 valence electrons. The number of nitrogens with zero attached hydrogens (tertiary/aromatic N) is 2. The first-order valence-corrected chi connectivity index (χ1v) is 14.8. The maximum Gasteiger partial charge on any atom is 0.268 e. The molecule has 0 bridgehead atoms. The first-order valence-electron chi connectivity index (χ1n) is 13.3. The van der Waals surface area contributed by atoms with E-state index in [1.165, 1.54) is 43.5 Å². The van der Waals surface area contributed by atoms with E-state index in [1.54, 1.807) is 18.2 Å². The summed E-state index contributed by atoms with van der Waals surface area (Å²) in [6.45, 7) is 10.1. The van der Waals surface area contributed by atoms with Gasteiger partial charge in [-0.05, 0) is 60.6 Å². The fourth-order valence-electron chi connectivity index (χ4n) is 4.41. The smallest absolute Gasteiger partial charge is 0.268 e. The van der Waals surface area contributed by atoms with Gasteiger partial charge in [0.05, 0.1) is 29.9 Å². The Morgan fingerprint density at radius 1 is 1.07 bits per heavy atom. The molecule has 0 unspecified atom stereocenters. The summed E-state index contributed by atoms with van der Waals surface area (Å²) >= 11 is 0. The first kappa shape index (κ1) is 29.3. The van der Waals surface area contributed by atoms with Gasteiger partial charge in [0, 0.05) is 30.8 Å². The van der Waals surface area contributed by atoms with E-state index in [2.05, 4.69) is 18.6 Å². The number of nitrogens with one attached hydrogen (secondary N) is 1. The highest BCUT2D eigenvalue weighted by molar-refractivity contribution is 7.90. The third-order valence-electron chi connectivity index (χ3n) is 6.87. The zero-order chi connectivity index (χ0) is 29.1. The standard InChI is InChI=1S/C30H36FN3O5S/c1-20(2)19-39-24-16-21(15-22(31)17-24)27-10-9-26(28(32-27)34-13-11-30(3,4)12-14-34)29(35)33-40(36,37)25-8-6-7-23(18-25)38-5/h6-10,15-18,20H,11-14,19H2,1-5H3,(H,33,35). The van der Waals surface area contributed by atoms with Crippen molar-refractivity contribution in [3.8, 4) is 22.8 Å². The second-order valence-corrected chi connectivity index (χ2v) is 12.9. The van der Waals surface area contributed by atoms with Crippen LogP contribution >= 0.6 is 0 Å². The van der Waals surface area contributed by atoms with Crippen LogP contribution in [0.1, 0.15) is 50.9 Å². The fourth-order valence-corrected chi connectivity index (χ4v) is 5.41. The molecule has 4 rings (SSSR count). The summed E-state index contributed by atoms with van der Waals surface area (Å²) in [6, 6.07) is 13.4. The van der Waals surface area contributed by atoms with Crippen LogP contribution < -0.4 is 19.1 Å². The highest BCUT2D eigenvalue weighted by Gasteiger charge is 2.30. The molecule has 0 radical (unpaired) electrons. The highest BCUT2D eigenvalue weighted by atomic mass is 32.2. The van der Waals surface area contributed by atoms with Crippen LogP contribution in [-0.4, -0.2) is 46.1 Å². The Balaban J connectivity index is 1.71. The molecule has 1 amide bonds. The number of sulfonamides is 1. The maximum absolute atomic E-state index is 14.5. The van der Waals surface area contributed by atoms with Gasteiger partial charge in [-0.1, -0.05) is 33.8 Å². The second kappa shape index (κ2) is 11.8. The summed E-state index contributed by atoms with van der Waals surface area (Å²) in [7, 11) is -2.75. The number of amides is 1. The number of ether oxygens (including phenoxy) is 2. The zero-order valence-electron chi connectivity index (χ0n) is 23.5. The Labute approximate surface area is 235 Å². The van der Waals surface area contributed by atoms with Gasteiger partial charge >= 0.3 is 0 Å². The van der Waals surface area contributed by atoms with Gasteiger partial charge in [0.2, 0.25) is 0 Å². The lowest BCUT2D eigenvalue weighted by atomic mass is 9.82. The average Bonchev–Trinajstić information content (AvgIpc) is 2.91. The number of anilines is 1. The van der Waals surface area contributed by atoms with Crippen molar-refractivity contribution in [1.82, 2.24) is 9.71 Å². The van der Waals surface area contributed by atoms with Crippen molar-refractivity contribution in [2.75, 3.05) is 31.7 Å². The number of carbonyl (C=O) groups is 1. The van der Waals surface area contributed by atoms with Crippen LogP contribution in [0.3, 0.4) is 0 Å². The average molecular weight is 570 g/mol.